The molecule has 90 valence electrons. The van der Waals surface area contributed by atoms with Crippen LogP contribution >= 0.6 is 0 Å². The lowest BCUT2D eigenvalue weighted by Gasteiger charge is -2.12. The molecule has 7 nitrogen and oxygen atoms in total. The molecular formula is C9H13NO6. The van der Waals surface area contributed by atoms with E-state index in [1.807, 2.05) is 0 Å². The van der Waals surface area contributed by atoms with Gasteiger partial charge in [0.2, 0.25) is 0 Å². The Hall–Kier alpha value is -1.47. The fourth-order valence-electron chi connectivity index (χ4n) is 1.10. The van der Waals surface area contributed by atoms with E-state index >= 15 is 0 Å². The molecule has 0 saturated carbocycles. The normalized spacial score (nSPS) is 15.7. The molecule has 0 aromatic carbocycles. The number of esters is 1. The van der Waals surface area contributed by atoms with Gasteiger partial charge >= 0.3 is 5.97 Å². The van der Waals surface area contributed by atoms with Crippen LogP contribution in [0.5, 0.6) is 0 Å². The minimum absolute atomic E-state index is 0.112. The third-order valence-corrected chi connectivity index (χ3v) is 1.87. The lowest BCUT2D eigenvalue weighted by molar-refractivity contribution is -0.193. The van der Waals surface area contributed by atoms with Crippen molar-refractivity contribution in [1.29, 1.82) is 0 Å². The molecule has 1 rings (SSSR count). The van der Waals surface area contributed by atoms with Gasteiger partial charge in [0.1, 0.15) is 6.61 Å². The Labute approximate surface area is 92.2 Å². The molecular weight excluding hydrogens is 218 g/mol. The van der Waals surface area contributed by atoms with Gasteiger partial charge in [-0.3, -0.25) is 14.4 Å². The van der Waals surface area contributed by atoms with Crippen LogP contribution in [0.2, 0.25) is 0 Å². The molecule has 0 spiro atoms. The van der Waals surface area contributed by atoms with E-state index in [0.29, 0.717) is 5.06 Å². The molecule has 0 radical (unpaired) electrons. The van der Waals surface area contributed by atoms with Gasteiger partial charge in [0.15, 0.2) is 6.61 Å². The Morgan fingerprint density at radius 2 is 1.88 bits per heavy atom. The molecule has 1 saturated heterocycles. The van der Waals surface area contributed by atoms with E-state index in [4.69, 9.17) is 4.84 Å². The predicted octanol–water partition coefficient (Wildman–Crippen LogP) is -0.743. The summed E-state index contributed by atoms with van der Waals surface area (Å²) in [4.78, 5) is 37.9. The van der Waals surface area contributed by atoms with E-state index in [1.54, 1.807) is 0 Å². The van der Waals surface area contributed by atoms with Crippen molar-refractivity contribution in [3.63, 3.8) is 0 Å². The highest BCUT2D eigenvalue weighted by Crippen LogP contribution is 2.11. The van der Waals surface area contributed by atoms with Gasteiger partial charge in [-0.05, 0) is 0 Å². The summed E-state index contributed by atoms with van der Waals surface area (Å²) in [6.45, 7) is -0.0604. The second-order valence-corrected chi connectivity index (χ2v) is 3.07. The molecule has 0 bridgehead atoms. The van der Waals surface area contributed by atoms with Crippen LogP contribution in [-0.2, 0) is 28.7 Å². The summed E-state index contributed by atoms with van der Waals surface area (Å²) in [5.74, 6) is -1.52. The zero-order chi connectivity index (χ0) is 12.0. The highest BCUT2D eigenvalue weighted by molar-refractivity contribution is 6.00. The van der Waals surface area contributed by atoms with Gasteiger partial charge in [-0.1, -0.05) is 0 Å². The Bertz CT molecular complexity index is 274. The summed E-state index contributed by atoms with van der Waals surface area (Å²) in [5, 5.41) is 0.609. The lowest BCUT2D eigenvalue weighted by Crippen LogP contribution is -2.32. The fraction of sp³-hybridized carbons (Fsp3) is 0.667. The molecule has 1 aliphatic rings. The number of imide groups is 1. The van der Waals surface area contributed by atoms with Crippen molar-refractivity contribution in [3.8, 4) is 0 Å². The summed E-state index contributed by atoms with van der Waals surface area (Å²) in [6, 6.07) is 0. The number of carbonyl (C=O) groups excluding carboxylic acids is 3. The molecule has 0 aliphatic carbocycles. The highest BCUT2D eigenvalue weighted by Gasteiger charge is 2.30. The van der Waals surface area contributed by atoms with Crippen LogP contribution in [0.25, 0.3) is 0 Å². The number of methoxy groups -OCH3 is 1. The first-order chi connectivity index (χ1) is 7.65. The molecule has 1 aliphatic heterocycles. The van der Waals surface area contributed by atoms with Crippen LogP contribution in [0.1, 0.15) is 12.8 Å². The minimum atomic E-state index is -0.649. The molecule has 7 heteroatoms. The van der Waals surface area contributed by atoms with Crippen LogP contribution in [0, 0.1) is 0 Å². The van der Waals surface area contributed by atoms with Crippen molar-refractivity contribution in [3.05, 3.63) is 0 Å². The van der Waals surface area contributed by atoms with Gasteiger partial charge in [0.05, 0.1) is 6.61 Å². The second-order valence-electron chi connectivity index (χ2n) is 3.07. The Balaban J connectivity index is 2.21. The van der Waals surface area contributed by atoms with Crippen LogP contribution in [0.4, 0.5) is 0 Å². The van der Waals surface area contributed by atoms with E-state index in [9.17, 15) is 14.4 Å². The van der Waals surface area contributed by atoms with Crippen molar-refractivity contribution in [2.75, 3.05) is 26.9 Å². The summed E-state index contributed by atoms with van der Waals surface area (Å²) in [5.41, 5.74) is 0. The van der Waals surface area contributed by atoms with Crippen LogP contribution < -0.4 is 0 Å². The number of nitrogens with zero attached hydrogens (tertiary/aromatic N) is 1. The summed E-state index contributed by atoms with van der Waals surface area (Å²) in [7, 11) is 1.48. The maximum atomic E-state index is 11.1. The van der Waals surface area contributed by atoms with Gasteiger partial charge in [-0.2, -0.15) is 5.06 Å². The van der Waals surface area contributed by atoms with Crippen molar-refractivity contribution in [2.24, 2.45) is 0 Å². The summed E-state index contributed by atoms with van der Waals surface area (Å²) < 4.78 is 9.34. The van der Waals surface area contributed by atoms with Gasteiger partial charge in [0, 0.05) is 20.0 Å². The molecule has 1 fully saturated rings. The van der Waals surface area contributed by atoms with Gasteiger partial charge in [0.25, 0.3) is 11.8 Å². The van der Waals surface area contributed by atoms with E-state index in [2.05, 4.69) is 9.47 Å². The molecule has 0 aromatic rings. The Morgan fingerprint density at radius 3 is 2.44 bits per heavy atom. The molecule has 16 heavy (non-hydrogen) atoms. The maximum Gasteiger partial charge on any atom is 0.334 e. The zero-order valence-corrected chi connectivity index (χ0v) is 8.93. The maximum absolute atomic E-state index is 11.1. The van der Waals surface area contributed by atoms with Crippen LogP contribution in [0.3, 0.4) is 0 Å². The Kier molecular flexibility index (Phi) is 4.87. The monoisotopic (exact) mass is 231 g/mol. The fourth-order valence-corrected chi connectivity index (χ4v) is 1.10. The van der Waals surface area contributed by atoms with Crippen LogP contribution in [0.15, 0.2) is 0 Å². The predicted molar refractivity (Wildman–Crippen MR) is 49.9 cm³/mol. The van der Waals surface area contributed by atoms with Gasteiger partial charge < -0.3 is 9.47 Å². The van der Waals surface area contributed by atoms with E-state index in [1.165, 1.54) is 7.11 Å². The Morgan fingerprint density at radius 1 is 1.25 bits per heavy atom. The first-order valence-corrected chi connectivity index (χ1v) is 4.78. The largest absolute Gasteiger partial charge is 0.461 e. The lowest BCUT2D eigenvalue weighted by atomic mass is 10.4. The minimum Gasteiger partial charge on any atom is -0.461 e. The zero-order valence-electron chi connectivity index (χ0n) is 8.93. The third kappa shape index (κ3) is 3.59. The average Bonchev–Trinajstić information content (AvgIpc) is 2.57. The molecule has 0 atom stereocenters. The van der Waals surface area contributed by atoms with Gasteiger partial charge in [-0.25, -0.2) is 4.79 Å². The molecule has 2 amide bonds. The standard InChI is InChI=1S/C9H13NO6/c1-14-4-5-15-9(13)6-16-10-7(11)2-3-8(10)12/h2-6H2,1H3. The number of hydroxylamine groups is 2. The third-order valence-electron chi connectivity index (χ3n) is 1.87. The van der Waals surface area contributed by atoms with Crippen molar-refractivity contribution < 1.29 is 28.7 Å². The number of ether oxygens (including phenoxy) is 2. The molecule has 0 N–H and O–H groups in total. The summed E-state index contributed by atoms with van der Waals surface area (Å²) in [6.07, 6.45) is 0.245. The van der Waals surface area contributed by atoms with E-state index in [0.717, 1.165) is 0 Å². The smallest absolute Gasteiger partial charge is 0.334 e. The van der Waals surface area contributed by atoms with E-state index < -0.39 is 24.4 Å². The summed E-state index contributed by atoms with van der Waals surface area (Å²) >= 11 is 0. The van der Waals surface area contributed by atoms with Crippen molar-refractivity contribution in [2.45, 2.75) is 12.8 Å². The SMILES string of the molecule is COCCOC(=O)CON1C(=O)CCC1=O. The topological polar surface area (TPSA) is 82.1 Å². The molecule has 1 heterocycles. The van der Waals surface area contributed by atoms with Crippen molar-refractivity contribution in [1.82, 2.24) is 5.06 Å². The average molecular weight is 231 g/mol. The number of carbonyl (C=O) groups is 3. The highest BCUT2D eigenvalue weighted by atomic mass is 16.7. The van der Waals surface area contributed by atoms with E-state index in [-0.39, 0.29) is 26.1 Å². The number of rotatable bonds is 6. The molecule has 0 unspecified atom stereocenters. The first kappa shape index (κ1) is 12.6. The first-order valence-electron chi connectivity index (χ1n) is 4.78. The number of amides is 2. The molecule has 0 aromatic heterocycles. The second kappa shape index (κ2) is 6.19. The van der Waals surface area contributed by atoms with Crippen LogP contribution in [-0.4, -0.2) is 49.8 Å². The van der Waals surface area contributed by atoms with Gasteiger partial charge in [-0.15, -0.1) is 0 Å². The number of hydrogen-bond donors (Lipinski definition) is 0. The van der Waals surface area contributed by atoms with Crippen molar-refractivity contribution >= 4 is 17.8 Å². The number of hydrogen-bond acceptors (Lipinski definition) is 6. The quantitative estimate of drug-likeness (QED) is 0.340.